The number of nitrogens with two attached hydrogens (primary N) is 1. The molecule has 0 radical (unpaired) electrons. The Kier molecular flexibility index (Phi) is 18.7. The van der Waals surface area contributed by atoms with E-state index in [0.717, 1.165) is 52.0 Å². The number of hydrogen-bond acceptors (Lipinski definition) is 6. The minimum Gasteiger partial charge on any atom is -0.489 e. The summed E-state index contributed by atoms with van der Waals surface area (Å²) in [5.74, 6) is 4.22. The molecule has 0 aliphatic rings. The fraction of sp³-hybridized carbons (Fsp3) is 0.333. The van der Waals surface area contributed by atoms with Gasteiger partial charge < -0.3 is 33.7 Å². The highest BCUT2D eigenvalue weighted by molar-refractivity contribution is 5.43. The Bertz CT molecular complexity index is 2840. The Hall–Kier alpha value is -7.48. The van der Waals surface area contributed by atoms with Gasteiger partial charge in [-0.05, 0) is 114 Å². The molecule has 0 unspecified atom stereocenters. The third-order valence-electron chi connectivity index (χ3n) is 14.1. The average Bonchev–Trinajstić information content (AvgIpc) is 3.43. The van der Waals surface area contributed by atoms with Crippen molar-refractivity contribution in [2.24, 2.45) is 0 Å². The number of hydrogen-bond donors (Lipinski definition) is 1. The van der Waals surface area contributed by atoms with E-state index in [0.29, 0.717) is 60.9 Å². The molecule has 0 saturated heterocycles. The van der Waals surface area contributed by atoms with Crippen molar-refractivity contribution < 1.29 is 33.7 Å². The zero-order valence-electron chi connectivity index (χ0n) is 49.0. The molecule has 0 aromatic heterocycles. The number of quaternary nitrogens is 1. The molecular formula is C72H84NO6+. The lowest BCUT2D eigenvalue weighted by atomic mass is 9.87. The van der Waals surface area contributed by atoms with Crippen molar-refractivity contribution in [2.75, 3.05) is 0 Å². The third kappa shape index (κ3) is 17.8. The van der Waals surface area contributed by atoms with Crippen LogP contribution in [0, 0.1) is 0 Å². The van der Waals surface area contributed by atoms with Gasteiger partial charge in [0.25, 0.3) is 0 Å². The second-order valence-electron chi connectivity index (χ2n) is 25.1. The molecule has 79 heavy (non-hydrogen) atoms. The Balaban J connectivity index is 1.03. The largest absolute Gasteiger partial charge is 0.489 e. The Morgan fingerprint density at radius 1 is 0.241 bits per heavy atom. The fourth-order valence-electron chi connectivity index (χ4n) is 9.10. The summed E-state index contributed by atoms with van der Waals surface area (Å²) < 4.78 is 39.4. The molecule has 0 amide bonds. The summed E-state index contributed by atoms with van der Waals surface area (Å²) in [6.07, 6.45) is 0. The summed E-state index contributed by atoms with van der Waals surface area (Å²) in [7, 11) is 0. The van der Waals surface area contributed by atoms with E-state index in [4.69, 9.17) is 28.4 Å². The maximum atomic E-state index is 6.71. The third-order valence-corrected chi connectivity index (χ3v) is 14.1. The van der Waals surface area contributed by atoms with Crippen LogP contribution in [0.15, 0.2) is 182 Å². The predicted molar refractivity (Wildman–Crippen MR) is 322 cm³/mol. The van der Waals surface area contributed by atoms with Crippen LogP contribution in [0.3, 0.4) is 0 Å². The number of ether oxygens (including phenoxy) is 6. The first kappa shape index (κ1) is 57.7. The predicted octanol–water partition coefficient (Wildman–Crippen LogP) is 16.6. The minimum atomic E-state index is 0.0708. The minimum absolute atomic E-state index is 0.0708. The number of rotatable bonds is 22. The van der Waals surface area contributed by atoms with Crippen molar-refractivity contribution in [3.8, 4) is 34.5 Å². The quantitative estimate of drug-likeness (QED) is 0.0729. The summed E-state index contributed by atoms with van der Waals surface area (Å²) in [6.45, 7) is 30.6. The normalized spacial score (nSPS) is 12.0. The van der Waals surface area contributed by atoms with Crippen LogP contribution >= 0.6 is 0 Å². The van der Waals surface area contributed by atoms with E-state index in [1.54, 1.807) is 0 Å². The van der Waals surface area contributed by atoms with E-state index in [9.17, 15) is 0 Å². The van der Waals surface area contributed by atoms with E-state index in [-0.39, 0.29) is 34.9 Å². The molecule has 8 rings (SSSR count). The summed E-state index contributed by atoms with van der Waals surface area (Å²) >= 11 is 0. The summed E-state index contributed by atoms with van der Waals surface area (Å²) in [6, 6.07) is 63.5. The highest BCUT2D eigenvalue weighted by atomic mass is 16.5. The van der Waals surface area contributed by atoms with Crippen LogP contribution in [-0.2, 0) is 74.4 Å². The van der Waals surface area contributed by atoms with Crippen LogP contribution < -0.4 is 33.7 Å². The lowest BCUT2D eigenvalue weighted by Crippen LogP contribution is -2.80. The highest BCUT2D eigenvalue weighted by Gasteiger charge is 2.18. The summed E-state index contributed by atoms with van der Waals surface area (Å²) in [4.78, 5) is 0. The molecular weight excluding hydrogens is 975 g/mol. The van der Waals surface area contributed by atoms with Crippen molar-refractivity contribution in [2.45, 2.75) is 157 Å². The SMILES string of the molecule is CC(C)(C)c1ccc(COc2cc(COc3cc(C[NH2+]Cc4ccccc4)cc(OCc4cc(OCc5ccc(C(C)(C)C)cc5)cc(OCc5ccc(C(C)(C)C)cc5)c4)c3)cc(OCc3ccc(C(C)(C)C)cc3)c2)cc1. The summed E-state index contributed by atoms with van der Waals surface area (Å²) in [5.41, 5.74) is 14.0. The van der Waals surface area contributed by atoms with Gasteiger partial charge in [-0.2, -0.15) is 0 Å². The highest BCUT2D eigenvalue weighted by Crippen LogP contribution is 2.32. The van der Waals surface area contributed by atoms with Crippen LogP contribution in [0.5, 0.6) is 34.5 Å². The molecule has 0 saturated carbocycles. The first-order chi connectivity index (χ1) is 37.6. The standard InChI is InChI=1S/C72H83NO6/c1-69(2,3)59-26-18-52(19-27-59)45-74-65-36-57(37-66(41-65)75-46-53-20-28-60(29-21-53)70(4,5)6)49-78-63-34-56(44-73-43-51-16-14-13-15-17-51)35-64(40-63)79-50-58-38-67(76-47-54-22-30-61(31-23-54)71(7,8)9)42-68(39-58)77-48-55-24-32-62(33-25-55)72(10,11)12/h13-42,73H,43-50H2,1-12H3/p+1. The smallest absolute Gasteiger partial charge is 0.124 e. The molecule has 8 aromatic carbocycles. The molecule has 7 nitrogen and oxygen atoms in total. The first-order valence-corrected chi connectivity index (χ1v) is 28.0. The Labute approximate surface area is 472 Å². The van der Waals surface area contributed by atoms with Gasteiger partial charge >= 0.3 is 0 Å². The molecule has 0 heterocycles. The maximum absolute atomic E-state index is 6.71. The molecule has 2 N–H and O–H groups in total. The van der Waals surface area contributed by atoms with Crippen molar-refractivity contribution in [1.29, 1.82) is 0 Å². The first-order valence-electron chi connectivity index (χ1n) is 28.0. The second-order valence-corrected chi connectivity index (χ2v) is 25.1. The average molecular weight is 1060 g/mol. The van der Waals surface area contributed by atoms with Crippen molar-refractivity contribution in [3.05, 3.63) is 249 Å². The van der Waals surface area contributed by atoms with Crippen molar-refractivity contribution >= 4 is 0 Å². The van der Waals surface area contributed by atoms with Crippen LogP contribution in [0.4, 0.5) is 0 Å². The van der Waals surface area contributed by atoms with Crippen LogP contribution in [0.1, 0.15) is 150 Å². The van der Waals surface area contributed by atoms with Crippen LogP contribution in [0.25, 0.3) is 0 Å². The second kappa shape index (κ2) is 25.5. The van der Waals surface area contributed by atoms with E-state index in [1.165, 1.54) is 27.8 Å². The van der Waals surface area contributed by atoms with Gasteiger partial charge in [0.15, 0.2) is 0 Å². The van der Waals surface area contributed by atoms with E-state index in [2.05, 4.69) is 228 Å². The van der Waals surface area contributed by atoms with Gasteiger partial charge in [-0.1, -0.05) is 210 Å². The molecule has 0 aliphatic heterocycles. The zero-order valence-corrected chi connectivity index (χ0v) is 49.0. The van der Waals surface area contributed by atoms with Crippen molar-refractivity contribution in [1.82, 2.24) is 0 Å². The van der Waals surface area contributed by atoms with Gasteiger partial charge in [-0.3, -0.25) is 0 Å². The molecule has 0 atom stereocenters. The molecule has 412 valence electrons. The monoisotopic (exact) mass is 1060 g/mol. The molecule has 8 aromatic rings. The van der Waals surface area contributed by atoms with E-state index < -0.39 is 0 Å². The zero-order chi connectivity index (χ0) is 56.2. The van der Waals surface area contributed by atoms with Crippen LogP contribution in [-0.4, -0.2) is 0 Å². The topological polar surface area (TPSA) is 72.0 Å². The van der Waals surface area contributed by atoms with E-state index in [1.807, 2.05) is 42.5 Å². The lowest BCUT2D eigenvalue weighted by Gasteiger charge is -2.19. The van der Waals surface area contributed by atoms with Gasteiger partial charge in [0.2, 0.25) is 0 Å². The van der Waals surface area contributed by atoms with Gasteiger partial charge in [0, 0.05) is 29.3 Å². The molecule has 0 fully saturated rings. The van der Waals surface area contributed by atoms with E-state index >= 15 is 0 Å². The van der Waals surface area contributed by atoms with Gasteiger partial charge in [0.05, 0.1) is 0 Å². The van der Waals surface area contributed by atoms with Gasteiger partial charge in [0.1, 0.15) is 87.2 Å². The maximum Gasteiger partial charge on any atom is 0.124 e. The Morgan fingerprint density at radius 3 is 0.722 bits per heavy atom. The van der Waals surface area contributed by atoms with Crippen molar-refractivity contribution in [3.63, 3.8) is 0 Å². The fourth-order valence-corrected chi connectivity index (χ4v) is 9.10. The summed E-state index contributed by atoms with van der Waals surface area (Å²) in [5, 5.41) is 2.30. The van der Waals surface area contributed by atoms with Gasteiger partial charge in [-0.25, -0.2) is 0 Å². The Morgan fingerprint density at radius 2 is 0.468 bits per heavy atom. The molecule has 0 bridgehead atoms. The molecule has 0 spiro atoms. The molecule has 0 aliphatic carbocycles. The lowest BCUT2D eigenvalue weighted by molar-refractivity contribution is -0.686. The molecule has 7 heteroatoms. The van der Waals surface area contributed by atoms with Crippen LogP contribution in [0.2, 0.25) is 0 Å². The number of benzene rings is 8. The van der Waals surface area contributed by atoms with Gasteiger partial charge in [-0.15, -0.1) is 0 Å².